The Morgan fingerprint density at radius 1 is 1.53 bits per heavy atom. The average Bonchev–Trinajstić information content (AvgIpc) is 2.69. The van der Waals surface area contributed by atoms with E-state index in [0.717, 1.165) is 38.5 Å². The largest absolute Gasteiger partial charge is 0.337 e. The molecule has 0 saturated carbocycles. The second kappa shape index (κ2) is 5.47. The van der Waals surface area contributed by atoms with E-state index in [9.17, 15) is 0 Å². The molecule has 0 radical (unpaired) electrons. The number of rotatable bonds is 4. The molecule has 1 aromatic heterocycles. The molecule has 0 aliphatic carbocycles. The van der Waals surface area contributed by atoms with Crippen molar-refractivity contribution in [2.24, 2.45) is 7.05 Å². The van der Waals surface area contributed by atoms with Crippen LogP contribution in [0.15, 0.2) is 25.0 Å². The summed E-state index contributed by atoms with van der Waals surface area (Å²) in [5.74, 6) is 1.15. The third-order valence-corrected chi connectivity index (χ3v) is 3.50. The monoisotopic (exact) mass is 234 g/mol. The predicted molar refractivity (Wildman–Crippen MR) is 69.7 cm³/mol. The minimum absolute atomic E-state index is 0.584. The van der Waals surface area contributed by atoms with Crippen molar-refractivity contribution < 1.29 is 0 Å². The molecule has 2 rings (SSSR count). The Balaban J connectivity index is 1.91. The molecule has 0 N–H and O–H groups in total. The highest BCUT2D eigenvalue weighted by molar-refractivity contribution is 4.93. The fourth-order valence-corrected chi connectivity index (χ4v) is 2.38. The molecule has 2 heterocycles. The van der Waals surface area contributed by atoms with Crippen molar-refractivity contribution >= 4 is 0 Å². The average molecular weight is 234 g/mol. The first-order valence-electron chi connectivity index (χ1n) is 6.24. The number of aryl methyl sites for hydroxylation is 1. The molecule has 17 heavy (non-hydrogen) atoms. The van der Waals surface area contributed by atoms with Crippen LogP contribution in [-0.2, 0) is 13.6 Å². The quantitative estimate of drug-likeness (QED) is 0.730. The summed E-state index contributed by atoms with van der Waals surface area (Å²) < 4.78 is 2.10. The highest BCUT2D eigenvalue weighted by atomic mass is 15.3. The summed E-state index contributed by atoms with van der Waals surface area (Å²) in [6.07, 6.45) is 5.86. The van der Waals surface area contributed by atoms with Gasteiger partial charge in [-0.25, -0.2) is 4.98 Å². The van der Waals surface area contributed by atoms with E-state index in [0.29, 0.717) is 6.04 Å². The van der Waals surface area contributed by atoms with Crippen molar-refractivity contribution in [3.05, 3.63) is 30.9 Å². The summed E-state index contributed by atoms with van der Waals surface area (Å²) in [5.41, 5.74) is 0. The van der Waals surface area contributed by atoms with Crippen LogP contribution in [0.4, 0.5) is 0 Å². The van der Waals surface area contributed by atoms with Crippen molar-refractivity contribution in [2.45, 2.75) is 19.5 Å². The first kappa shape index (κ1) is 12.3. The van der Waals surface area contributed by atoms with Crippen molar-refractivity contribution in [1.29, 1.82) is 0 Å². The molecule has 1 aliphatic rings. The van der Waals surface area contributed by atoms with E-state index >= 15 is 0 Å². The van der Waals surface area contributed by atoms with Gasteiger partial charge in [-0.1, -0.05) is 6.08 Å². The van der Waals surface area contributed by atoms with Gasteiger partial charge in [0.2, 0.25) is 0 Å². The smallest absolute Gasteiger partial charge is 0.122 e. The molecular weight excluding hydrogens is 212 g/mol. The molecule has 1 aliphatic heterocycles. The molecule has 0 spiro atoms. The van der Waals surface area contributed by atoms with E-state index in [-0.39, 0.29) is 0 Å². The summed E-state index contributed by atoms with van der Waals surface area (Å²) in [4.78, 5) is 9.34. The molecule has 1 unspecified atom stereocenters. The topological polar surface area (TPSA) is 24.3 Å². The number of imidazole rings is 1. The molecule has 1 aromatic rings. The second-order valence-corrected chi connectivity index (χ2v) is 4.82. The molecular formula is C13H22N4. The van der Waals surface area contributed by atoms with Gasteiger partial charge in [0.1, 0.15) is 5.82 Å². The van der Waals surface area contributed by atoms with E-state index in [4.69, 9.17) is 0 Å². The first-order valence-corrected chi connectivity index (χ1v) is 6.24. The lowest BCUT2D eigenvalue weighted by Crippen LogP contribution is -2.51. The van der Waals surface area contributed by atoms with Gasteiger partial charge in [-0.3, -0.25) is 9.80 Å². The Hall–Kier alpha value is -1.13. The molecule has 94 valence electrons. The van der Waals surface area contributed by atoms with Gasteiger partial charge in [0, 0.05) is 51.7 Å². The van der Waals surface area contributed by atoms with Crippen LogP contribution >= 0.6 is 0 Å². The van der Waals surface area contributed by atoms with Crippen LogP contribution in [0.25, 0.3) is 0 Å². The number of hydrogen-bond donors (Lipinski definition) is 0. The molecule has 0 bridgehead atoms. The fraction of sp³-hybridized carbons (Fsp3) is 0.615. The zero-order valence-corrected chi connectivity index (χ0v) is 10.8. The van der Waals surface area contributed by atoms with Gasteiger partial charge in [-0.15, -0.1) is 6.58 Å². The maximum absolute atomic E-state index is 4.39. The summed E-state index contributed by atoms with van der Waals surface area (Å²) in [6, 6.07) is 0.584. The SMILES string of the molecule is C=CCN1CCN(Cc2nccn2C)C(C)C1. The Bertz CT molecular complexity index is 371. The zero-order chi connectivity index (χ0) is 12.3. The first-order chi connectivity index (χ1) is 8.20. The minimum Gasteiger partial charge on any atom is -0.337 e. The van der Waals surface area contributed by atoms with Crippen LogP contribution in [-0.4, -0.2) is 51.6 Å². The van der Waals surface area contributed by atoms with E-state index in [1.54, 1.807) is 0 Å². The van der Waals surface area contributed by atoms with Crippen molar-refractivity contribution in [3.8, 4) is 0 Å². The lowest BCUT2D eigenvalue weighted by molar-refractivity contribution is 0.0822. The standard InChI is InChI=1S/C13H22N4/c1-4-6-16-8-9-17(12(2)10-16)11-13-14-5-7-15(13)3/h4-5,7,12H,1,6,8-11H2,2-3H3. The van der Waals surface area contributed by atoms with Crippen LogP contribution in [0.5, 0.6) is 0 Å². The molecule has 1 atom stereocenters. The summed E-state index contributed by atoms with van der Waals surface area (Å²) in [7, 11) is 2.06. The van der Waals surface area contributed by atoms with Crippen LogP contribution in [0.1, 0.15) is 12.7 Å². The van der Waals surface area contributed by atoms with Gasteiger partial charge in [-0.2, -0.15) is 0 Å². The van der Waals surface area contributed by atoms with Crippen LogP contribution in [0.2, 0.25) is 0 Å². The van der Waals surface area contributed by atoms with Gasteiger partial charge >= 0.3 is 0 Å². The van der Waals surface area contributed by atoms with E-state index in [1.165, 1.54) is 0 Å². The summed E-state index contributed by atoms with van der Waals surface area (Å²) in [5, 5.41) is 0. The molecule has 4 heteroatoms. The van der Waals surface area contributed by atoms with Crippen LogP contribution < -0.4 is 0 Å². The van der Waals surface area contributed by atoms with Crippen molar-refractivity contribution in [2.75, 3.05) is 26.2 Å². The van der Waals surface area contributed by atoms with Gasteiger partial charge in [0.05, 0.1) is 6.54 Å². The van der Waals surface area contributed by atoms with Gasteiger partial charge < -0.3 is 4.57 Å². The molecule has 0 aromatic carbocycles. The maximum Gasteiger partial charge on any atom is 0.122 e. The number of hydrogen-bond acceptors (Lipinski definition) is 3. The highest BCUT2D eigenvalue weighted by Crippen LogP contribution is 2.12. The maximum atomic E-state index is 4.39. The van der Waals surface area contributed by atoms with Crippen molar-refractivity contribution in [3.63, 3.8) is 0 Å². The Morgan fingerprint density at radius 2 is 2.35 bits per heavy atom. The van der Waals surface area contributed by atoms with Gasteiger partial charge in [-0.05, 0) is 6.92 Å². The van der Waals surface area contributed by atoms with Gasteiger partial charge in [0.15, 0.2) is 0 Å². The molecule has 1 saturated heterocycles. The van der Waals surface area contributed by atoms with E-state index in [2.05, 4.69) is 39.9 Å². The number of nitrogens with zero attached hydrogens (tertiary/aromatic N) is 4. The lowest BCUT2D eigenvalue weighted by Gasteiger charge is -2.39. The molecule has 1 fully saturated rings. The van der Waals surface area contributed by atoms with Crippen molar-refractivity contribution in [1.82, 2.24) is 19.4 Å². The third-order valence-electron chi connectivity index (χ3n) is 3.50. The predicted octanol–water partition coefficient (Wildman–Crippen LogP) is 1.11. The number of aromatic nitrogens is 2. The normalized spacial score (nSPS) is 22.8. The number of piperazine rings is 1. The molecule has 4 nitrogen and oxygen atoms in total. The minimum atomic E-state index is 0.584. The van der Waals surface area contributed by atoms with Gasteiger partial charge in [0.25, 0.3) is 0 Å². The second-order valence-electron chi connectivity index (χ2n) is 4.82. The molecule has 0 amide bonds. The Morgan fingerprint density at radius 3 is 2.94 bits per heavy atom. The van der Waals surface area contributed by atoms with Crippen LogP contribution in [0, 0.1) is 0 Å². The van der Waals surface area contributed by atoms with E-state index in [1.807, 2.05) is 18.5 Å². The highest BCUT2D eigenvalue weighted by Gasteiger charge is 2.23. The van der Waals surface area contributed by atoms with Crippen LogP contribution in [0.3, 0.4) is 0 Å². The van der Waals surface area contributed by atoms with E-state index < -0.39 is 0 Å². The Labute approximate surface area is 104 Å². The summed E-state index contributed by atoms with van der Waals surface area (Å²) >= 11 is 0. The zero-order valence-electron chi connectivity index (χ0n) is 10.8. The third kappa shape index (κ3) is 2.96. The fourth-order valence-electron chi connectivity index (χ4n) is 2.38. The Kier molecular flexibility index (Phi) is 3.97. The summed E-state index contributed by atoms with van der Waals surface area (Å²) in [6.45, 7) is 11.4. The lowest BCUT2D eigenvalue weighted by atomic mass is 10.2.